The summed E-state index contributed by atoms with van der Waals surface area (Å²) in [4.78, 5) is 4.44. The number of amidine groups is 1. The molecule has 0 radical (unpaired) electrons. The van der Waals surface area contributed by atoms with Gasteiger partial charge in [0.15, 0.2) is 5.82 Å². The first-order valence-electron chi connectivity index (χ1n) is 4.91. The Balaban J connectivity index is 2.35. The summed E-state index contributed by atoms with van der Waals surface area (Å²) in [6.07, 6.45) is 1.50. The third-order valence-electron chi connectivity index (χ3n) is 2.13. The number of benzene rings is 1. The molecule has 0 atom stereocenters. The van der Waals surface area contributed by atoms with Gasteiger partial charge >= 0.3 is 0 Å². The van der Waals surface area contributed by atoms with Gasteiger partial charge in [0, 0.05) is 5.56 Å². The molecule has 0 saturated heterocycles. The van der Waals surface area contributed by atoms with E-state index in [0.29, 0.717) is 15.7 Å². The van der Waals surface area contributed by atoms with Crippen LogP contribution in [0.3, 0.4) is 0 Å². The van der Waals surface area contributed by atoms with Crippen molar-refractivity contribution in [2.45, 2.75) is 17.0 Å². The second-order valence-electron chi connectivity index (χ2n) is 3.51. The van der Waals surface area contributed by atoms with E-state index in [1.807, 2.05) is 0 Å². The zero-order valence-electron chi connectivity index (χ0n) is 9.33. The van der Waals surface area contributed by atoms with E-state index in [9.17, 15) is 4.39 Å². The second kappa shape index (κ2) is 5.11. The highest BCUT2D eigenvalue weighted by molar-refractivity contribution is 9.10. The van der Waals surface area contributed by atoms with Gasteiger partial charge in [0.1, 0.15) is 12.1 Å². The lowest BCUT2D eigenvalue weighted by Crippen LogP contribution is -2.12. The molecule has 0 bridgehead atoms. The maximum Gasteiger partial charge on any atom is 0.260 e. The van der Waals surface area contributed by atoms with Crippen LogP contribution in [0.15, 0.2) is 37.4 Å². The number of nitrogens with two attached hydrogens (primary N) is 1. The molecule has 0 aliphatic heterocycles. The molecule has 2 rings (SSSR count). The first kappa shape index (κ1) is 13.1. The number of aryl methyl sites for hydroxylation is 1. The van der Waals surface area contributed by atoms with Gasteiger partial charge in [0.25, 0.3) is 5.22 Å². The standard InChI is InChI=1S/C11H9BrFN3OS/c1-5-4-17-11(16-5)18-7-3-2-6(10(14)15)8(12)9(7)13/h2-4H,1H3,(H3,14,15). The molecule has 0 aliphatic carbocycles. The molecular weight excluding hydrogens is 321 g/mol. The Kier molecular flexibility index (Phi) is 3.72. The number of halogens is 2. The lowest BCUT2D eigenvalue weighted by molar-refractivity contribution is 0.453. The van der Waals surface area contributed by atoms with Crippen LogP contribution in [-0.2, 0) is 0 Å². The molecule has 0 amide bonds. The number of rotatable bonds is 3. The Morgan fingerprint density at radius 3 is 2.83 bits per heavy atom. The largest absolute Gasteiger partial charge is 0.439 e. The van der Waals surface area contributed by atoms with E-state index in [1.165, 1.54) is 6.26 Å². The van der Waals surface area contributed by atoms with Crippen molar-refractivity contribution >= 4 is 33.5 Å². The fraction of sp³-hybridized carbons (Fsp3) is 0.0909. The third kappa shape index (κ3) is 2.56. The van der Waals surface area contributed by atoms with Gasteiger partial charge in [-0.15, -0.1) is 0 Å². The Morgan fingerprint density at radius 1 is 1.56 bits per heavy atom. The van der Waals surface area contributed by atoms with Crippen LogP contribution in [0.4, 0.5) is 4.39 Å². The zero-order valence-corrected chi connectivity index (χ0v) is 11.7. The number of hydrogen-bond donors (Lipinski definition) is 2. The van der Waals surface area contributed by atoms with Crippen LogP contribution >= 0.6 is 27.7 Å². The molecule has 1 heterocycles. The van der Waals surface area contributed by atoms with Gasteiger partial charge in [0.2, 0.25) is 0 Å². The highest BCUT2D eigenvalue weighted by atomic mass is 79.9. The Hall–Kier alpha value is -1.34. The smallest absolute Gasteiger partial charge is 0.260 e. The molecule has 0 saturated carbocycles. The molecule has 0 spiro atoms. The number of nitrogens with one attached hydrogen (secondary N) is 1. The fourth-order valence-corrected chi connectivity index (χ4v) is 2.78. The summed E-state index contributed by atoms with van der Waals surface area (Å²) in [5.41, 5.74) is 6.39. The molecule has 0 fully saturated rings. The Labute approximate surface area is 115 Å². The summed E-state index contributed by atoms with van der Waals surface area (Å²) >= 11 is 4.17. The van der Waals surface area contributed by atoms with Gasteiger partial charge in [-0.3, -0.25) is 5.41 Å². The van der Waals surface area contributed by atoms with Crippen LogP contribution in [0.5, 0.6) is 0 Å². The molecule has 2 aromatic rings. The summed E-state index contributed by atoms with van der Waals surface area (Å²) < 4.78 is 19.3. The van der Waals surface area contributed by atoms with E-state index in [4.69, 9.17) is 15.6 Å². The average molecular weight is 330 g/mol. The summed E-state index contributed by atoms with van der Waals surface area (Å²) in [5, 5.41) is 7.68. The molecule has 1 aromatic heterocycles. The van der Waals surface area contributed by atoms with Gasteiger partial charge in [-0.2, -0.15) is 0 Å². The number of aromatic nitrogens is 1. The third-order valence-corrected chi connectivity index (χ3v) is 3.80. The van der Waals surface area contributed by atoms with Crippen molar-refractivity contribution < 1.29 is 8.81 Å². The van der Waals surface area contributed by atoms with Crippen LogP contribution in [0.25, 0.3) is 0 Å². The van der Waals surface area contributed by atoms with E-state index in [1.54, 1.807) is 19.1 Å². The van der Waals surface area contributed by atoms with E-state index in [-0.39, 0.29) is 10.3 Å². The number of oxazole rings is 1. The fourth-order valence-electron chi connectivity index (χ4n) is 1.29. The van der Waals surface area contributed by atoms with Gasteiger partial charge in [0.05, 0.1) is 15.1 Å². The van der Waals surface area contributed by atoms with Crippen molar-refractivity contribution in [2.24, 2.45) is 5.73 Å². The summed E-state index contributed by atoms with van der Waals surface area (Å²) in [7, 11) is 0. The molecule has 0 aliphatic rings. The molecular formula is C11H9BrFN3OS. The normalized spacial score (nSPS) is 10.6. The minimum atomic E-state index is -0.483. The minimum Gasteiger partial charge on any atom is -0.439 e. The molecule has 7 heteroatoms. The predicted octanol–water partition coefficient (Wildman–Crippen LogP) is 3.32. The maximum atomic E-state index is 14.0. The monoisotopic (exact) mass is 329 g/mol. The molecule has 0 unspecified atom stereocenters. The highest BCUT2D eigenvalue weighted by Crippen LogP contribution is 2.33. The van der Waals surface area contributed by atoms with Crippen molar-refractivity contribution in [3.05, 3.63) is 39.9 Å². The maximum absolute atomic E-state index is 14.0. The quantitative estimate of drug-likeness (QED) is 0.669. The van der Waals surface area contributed by atoms with Crippen LogP contribution in [0.2, 0.25) is 0 Å². The predicted molar refractivity (Wildman–Crippen MR) is 70.5 cm³/mol. The summed E-state index contributed by atoms with van der Waals surface area (Å²) in [6.45, 7) is 1.79. The minimum absolute atomic E-state index is 0.170. The van der Waals surface area contributed by atoms with Crippen molar-refractivity contribution in [3.63, 3.8) is 0 Å². The van der Waals surface area contributed by atoms with E-state index in [0.717, 1.165) is 17.5 Å². The molecule has 18 heavy (non-hydrogen) atoms. The number of nitrogens with zero attached hydrogens (tertiary/aromatic N) is 1. The van der Waals surface area contributed by atoms with E-state index < -0.39 is 5.82 Å². The first-order chi connectivity index (χ1) is 8.49. The lowest BCUT2D eigenvalue weighted by Gasteiger charge is -2.06. The average Bonchev–Trinajstić information content (AvgIpc) is 2.70. The van der Waals surface area contributed by atoms with E-state index in [2.05, 4.69) is 20.9 Å². The van der Waals surface area contributed by atoms with Crippen LogP contribution in [0, 0.1) is 18.2 Å². The van der Waals surface area contributed by atoms with E-state index >= 15 is 0 Å². The van der Waals surface area contributed by atoms with Crippen LogP contribution < -0.4 is 5.73 Å². The van der Waals surface area contributed by atoms with Gasteiger partial charge in [-0.25, -0.2) is 9.37 Å². The zero-order chi connectivity index (χ0) is 13.3. The van der Waals surface area contributed by atoms with Crippen LogP contribution in [-0.4, -0.2) is 10.8 Å². The number of nitrogen functional groups attached to an aromatic ring is 1. The SMILES string of the molecule is Cc1coc(Sc2ccc(C(=N)N)c(Br)c2F)n1. The topological polar surface area (TPSA) is 75.9 Å². The summed E-state index contributed by atoms with van der Waals surface area (Å²) in [5.74, 6) is -0.673. The Bertz CT molecular complexity index is 614. The Morgan fingerprint density at radius 2 is 2.28 bits per heavy atom. The van der Waals surface area contributed by atoms with Gasteiger partial charge in [-0.1, -0.05) is 0 Å². The van der Waals surface area contributed by atoms with Crippen LogP contribution in [0.1, 0.15) is 11.3 Å². The summed E-state index contributed by atoms with van der Waals surface area (Å²) in [6, 6.07) is 3.12. The molecule has 4 nitrogen and oxygen atoms in total. The lowest BCUT2D eigenvalue weighted by atomic mass is 10.2. The van der Waals surface area contributed by atoms with Gasteiger partial charge < -0.3 is 10.2 Å². The number of hydrogen-bond acceptors (Lipinski definition) is 4. The molecule has 94 valence electrons. The molecule has 3 N–H and O–H groups in total. The van der Waals surface area contributed by atoms with Crippen molar-refractivity contribution in [3.8, 4) is 0 Å². The highest BCUT2D eigenvalue weighted by Gasteiger charge is 2.15. The van der Waals surface area contributed by atoms with Crippen molar-refractivity contribution in [2.75, 3.05) is 0 Å². The first-order valence-corrected chi connectivity index (χ1v) is 6.52. The van der Waals surface area contributed by atoms with Crippen molar-refractivity contribution in [1.82, 2.24) is 4.98 Å². The molecule has 1 aromatic carbocycles. The second-order valence-corrected chi connectivity index (χ2v) is 5.30. The van der Waals surface area contributed by atoms with Gasteiger partial charge in [-0.05, 0) is 46.7 Å². The van der Waals surface area contributed by atoms with Crippen molar-refractivity contribution in [1.29, 1.82) is 5.41 Å².